The molecular weight excluding hydrogens is 495 g/mol. The van der Waals surface area contributed by atoms with Crippen molar-refractivity contribution >= 4 is 35.3 Å². The van der Waals surface area contributed by atoms with Gasteiger partial charge in [-0.05, 0) is 102 Å². The normalized spacial score (nSPS) is 18.9. The molecule has 0 aliphatic carbocycles. The maximum absolute atomic E-state index is 14.9. The Hall–Kier alpha value is -1.88. The molecule has 0 aromatic heterocycles. The van der Waals surface area contributed by atoms with E-state index in [-0.39, 0.29) is 28.3 Å². The third-order valence-electron chi connectivity index (χ3n) is 5.76. The van der Waals surface area contributed by atoms with Crippen LogP contribution in [0.2, 0.25) is 0 Å². The summed E-state index contributed by atoms with van der Waals surface area (Å²) in [7, 11) is 3.87. The second-order valence-corrected chi connectivity index (χ2v) is 11.0. The lowest BCUT2D eigenvalue weighted by atomic mass is 9.95. The predicted molar refractivity (Wildman–Crippen MR) is 136 cm³/mol. The summed E-state index contributed by atoms with van der Waals surface area (Å²) in [5.74, 6) is -1.54. The number of halogens is 3. The largest absolute Gasteiger partial charge is 0.377 e. The lowest BCUT2D eigenvalue weighted by Gasteiger charge is -2.32. The predicted octanol–water partition coefficient (Wildman–Crippen LogP) is 5.71. The van der Waals surface area contributed by atoms with Crippen molar-refractivity contribution in [3.05, 3.63) is 53.8 Å². The van der Waals surface area contributed by atoms with Gasteiger partial charge in [-0.1, -0.05) is 0 Å². The number of nitrogens with zero attached hydrogens (tertiary/aromatic N) is 1. The number of amides is 1. The van der Waals surface area contributed by atoms with Crippen molar-refractivity contribution in [1.82, 2.24) is 9.62 Å². The molecule has 2 atom stereocenters. The van der Waals surface area contributed by atoms with Gasteiger partial charge in [0.25, 0.3) is 5.91 Å². The zero-order chi connectivity index (χ0) is 25.4. The molecule has 3 rings (SSSR count). The Labute approximate surface area is 213 Å². The van der Waals surface area contributed by atoms with Crippen LogP contribution in [-0.2, 0) is 9.53 Å². The van der Waals surface area contributed by atoms with E-state index in [0.29, 0.717) is 25.2 Å². The van der Waals surface area contributed by atoms with Gasteiger partial charge in [-0.15, -0.1) is 11.8 Å². The lowest BCUT2D eigenvalue weighted by Crippen LogP contribution is -2.46. The molecule has 2 N–H and O–H groups in total. The molecular formula is C25H32F3N3O2S2. The molecule has 5 nitrogen and oxygen atoms in total. The van der Waals surface area contributed by atoms with Gasteiger partial charge in [0.1, 0.15) is 28.7 Å². The Morgan fingerprint density at radius 1 is 1.11 bits per heavy atom. The monoisotopic (exact) mass is 527 g/mol. The molecule has 1 aliphatic heterocycles. The van der Waals surface area contributed by atoms with E-state index in [2.05, 4.69) is 10.0 Å². The van der Waals surface area contributed by atoms with Crippen LogP contribution in [0, 0.1) is 17.5 Å². The van der Waals surface area contributed by atoms with Crippen LogP contribution in [0.3, 0.4) is 0 Å². The first-order valence-electron chi connectivity index (χ1n) is 11.6. The molecule has 1 aliphatic rings. The molecule has 192 valence electrons. The van der Waals surface area contributed by atoms with E-state index in [9.17, 15) is 18.0 Å². The van der Waals surface area contributed by atoms with Crippen molar-refractivity contribution in [3.63, 3.8) is 0 Å². The highest BCUT2D eigenvalue weighted by atomic mass is 32.2. The molecule has 1 unspecified atom stereocenters. The SMILES string of the molecule is CN(C)CC[C@H](CSc1ccc(F)cc1)Nc1c(F)cc(SNC(=O)C2(C)CCCCO2)cc1F. The molecule has 1 amide bonds. The number of benzene rings is 2. The van der Waals surface area contributed by atoms with Gasteiger partial charge >= 0.3 is 0 Å². The number of rotatable bonds is 11. The molecule has 2 aromatic carbocycles. The van der Waals surface area contributed by atoms with Crippen molar-refractivity contribution < 1.29 is 22.7 Å². The van der Waals surface area contributed by atoms with Gasteiger partial charge in [-0.2, -0.15) is 0 Å². The summed E-state index contributed by atoms with van der Waals surface area (Å²) >= 11 is 2.36. The number of hydrogen-bond acceptors (Lipinski definition) is 6. The number of thioether (sulfide) groups is 1. The highest BCUT2D eigenvalue weighted by molar-refractivity contribution is 7.99. The van der Waals surface area contributed by atoms with Crippen molar-refractivity contribution in [3.8, 4) is 0 Å². The lowest BCUT2D eigenvalue weighted by molar-refractivity contribution is -0.148. The average Bonchev–Trinajstić information content (AvgIpc) is 2.82. The zero-order valence-corrected chi connectivity index (χ0v) is 21.8. The molecule has 0 spiro atoms. The Morgan fingerprint density at radius 2 is 1.80 bits per heavy atom. The van der Waals surface area contributed by atoms with Gasteiger partial charge in [0.2, 0.25) is 0 Å². The Morgan fingerprint density at radius 3 is 2.40 bits per heavy atom. The summed E-state index contributed by atoms with van der Waals surface area (Å²) in [4.78, 5) is 15.7. The molecule has 1 heterocycles. The number of hydrogen-bond donors (Lipinski definition) is 2. The summed E-state index contributed by atoms with van der Waals surface area (Å²) in [6.45, 7) is 2.98. The van der Waals surface area contributed by atoms with Gasteiger partial charge in [0.05, 0.1) is 0 Å². The Bertz CT molecular complexity index is 963. The van der Waals surface area contributed by atoms with E-state index in [4.69, 9.17) is 4.74 Å². The van der Waals surface area contributed by atoms with Crippen LogP contribution < -0.4 is 10.0 Å². The van der Waals surface area contributed by atoms with Gasteiger partial charge < -0.3 is 15.0 Å². The zero-order valence-electron chi connectivity index (χ0n) is 20.2. The Balaban J connectivity index is 1.64. The molecule has 35 heavy (non-hydrogen) atoms. The summed E-state index contributed by atoms with van der Waals surface area (Å²) in [6.07, 6.45) is 3.08. The summed E-state index contributed by atoms with van der Waals surface area (Å²) in [6, 6.07) is 8.33. The molecule has 1 saturated heterocycles. The second kappa shape index (κ2) is 12.9. The highest BCUT2D eigenvalue weighted by Crippen LogP contribution is 2.30. The quantitative estimate of drug-likeness (QED) is 0.288. The molecule has 2 aromatic rings. The van der Waals surface area contributed by atoms with Crippen molar-refractivity contribution in [2.24, 2.45) is 0 Å². The number of anilines is 1. The van der Waals surface area contributed by atoms with Gasteiger partial charge in [0.15, 0.2) is 0 Å². The standard InChI is InChI=1S/C25H32F3N3O2S2/c1-25(11-4-5-13-33-25)24(32)30-35-20-14-21(27)23(22(28)15-20)29-18(10-12-31(2)3)16-34-19-8-6-17(26)7-9-19/h6-9,14-15,18,29H,4-5,10-13,16H2,1-3H3,(H,30,32)/t18-,25?/m1/s1. The maximum Gasteiger partial charge on any atom is 0.262 e. The van der Waals surface area contributed by atoms with E-state index >= 15 is 0 Å². The van der Waals surface area contributed by atoms with E-state index in [1.807, 2.05) is 19.0 Å². The molecule has 10 heteroatoms. The first-order valence-corrected chi connectivity index (χ1v) is 13.4. The topological polar surface area (TPSA) is 53.6 Å². The smallest absolute Gasteiger partial charge is 0.262 e. The third-order valence-corrected chi connectivity index (χ3v) is 7.70. The minimum absolute atomic E-state index is 0.202. The van der Waals surface area contributed by atoms with E-state index in [0.717, 1.165) is 36.2 Å². The summed E-state index contributed by atoms with van der Waals surface area (Å²) in [5.41, 5.74) is -1.13. The van der Waals surface area contributed by atoms with Gasteiger partial charge in [-0.25, -0.2) is 13.2 Å². The highest BCUT2D eigenvalue weighted by Gasteiger charge is 2.36. The van der Waals surface area contributed by atoms with Crippen LogP contribution in [0.1, 0.15) is 32.6 Å². The van der Waals surface area contributed by atoms with Crippen LogP contribution >= 0.6 is 23.7 Å². The average molecular weight is 528 g/mol. The second-order valence-electron chi connectivity index (χ2n) is 9.03. The first-order chi connectivity index (χ1) is 16.7. The summed E-state index contributed by atoms with van der Waals surface area (Å²) in [5, 5.41) is 3.01. The Kier molecular flexibility index (Phi) is 10.2. The van der Waals surface area contributed by atoms with Crippen LogP contribution in [0.5, 0.6) is 0 Å². The van der Waals surface area contributed by atoms with Gasteiger partial charge in [0, 0.05) is 28.2 Å². The van der Waals surface area contributed by atoms with Gasteiger partial charge in [-0.3, -0.25) is 9.52 Å². The van der Waals surface area contributed by atoms with Crippen molar-refractivity contribution in [2.75, 3.05) is 38.3 Å². The number of nitrogens with one attached hydrogen (secondary N) is 2. The fourth-order valence-electron chi connectivity index (χ4n) is 3.62. The molecule has 0 bridgehead atoms. The van der Waals surface area contributed by atoms with Crippen LogP contribution in [0.15, 0.2) is 46.2 Å². The van der Waals surface area contributed by atoms with E-state index < -0.39 is 17.2 Å². The van der Waals surface area contributed by atoms with E-state index in [1.165, 1.54) is 36.0 Å². The minimum Gasteiger partial charge on any atom is -0.377 e. The van der Waals surface area contributed by atoms with Crippen LogP contribution in [0.4, 0.5) is 18.9 Å². The minimum atomic E-state index is -0.925. The third kappa shape index (κ3) is 8.34. The van der Waals surface area contributed by atoms with Crippen LogP contribution in [0.25, 0.3) is 0 Å². The first kappa shape index (κ1) is 27.7. The molecule has 0 saturated carbocycles. The summed E-state index contributed by atoms with van der Waals surface area (Å²) < 4.78 is 51.3. The maximum atomic E-state index is 14.9. The molecule has 0 radical (unpaired) electrons. The van der Waals surface area contributed by atoms with Crippen molar-refractivity contribution in [1.29, 1.82) is 0 Å². The van der Waals surface area contributed by atoms with Crippen LogP contribution in [-0.4, -0.2) is 55.4 Å². The number of carbonyl (C=O) groups is 1. The van der Waals surface area contributed by atoms with E-state index in [1.54, 1.807) is 19.1 Å². The number of carbonyl (C=O) groups excluding carboxylic acids is 1. The fourth-order valence-corrected chi connectivity index (χ4v) is 5.34. The van der Waals surface area contributed by atoms with Crippen molar-refractivity contribution in [2.45, 2.75) is 54.0 Å². The fraction of sp³-hybridized carbons (Fsp3) is 0.480. The number of ether oxygens (including phenoxy) is 1. The molecule has 1 fully saturated rings.